The van der Waals surface area contributed by atoms with Crippen LogP contribution in [0.25, 0.3) is 0 Å². The number of hydrogen-bond acceptors (Lipinski definition) is 4. The Morgan fingerprint density at radius 3 is 2.56 bits per heavy atom. The zero-order valence-corrected chi connectivity index (χ0v) is 16.5. The van der Waals surface area contributed by atoms with E-state index in [0.29, 0.717) is 29.3 Å². The SMILES string of the molecule is COc1ccc(NC(=O)CNc2cccc(CCC(=O)N(C)C)c2)cc1Cl. The third-order valence-electron chi connectivity index (χ3n) is 3.94. The maximum Gasteiger partial charge on any atom is 0.243 e. The van der Waals surface area contributed by atoms with Gasteiger partial charge in [-0.25, -0.2) is 0 Å². The topological polar surface area (TPSA) is 70.7 Å². The first-order valence-electron chi connectivity index (χ1n) is 8.55. The van der Waals surface area contributed by atoms with Crippen LogP contribution in [-0.2, 0) is 16.0 Å². The van der Waals surface area contributed by atoms with E-state index in [1.807, 2.05) is 24.3 Å². The Labute approximate surface area is 164 Å². The molecule has 0 saturated heterocycles. The molecule has 0 heterocycles. The number of rotatable bonds is 8. The molecule has 2 amide bonds. The largest absolute Gasteiger partial charge is 0.495 e. The minimum Gasteiger partial charge on any atom is -0.495 e. The molecule has 2 aromatic rings. The normalized spacial score (nSPS) is 10.2. The van der Waals surface area contributed by atoms with Crippen molar-refractivity contribution in [1.82, 2.24) is 4.90 Å². The number of nitrogens with zero attached hydrogens (tertiary/aromatic N) is 1. The summed E-state index contributed by atoms with van der Waals surface area (Å²) in [7, 11) is 5.03. The molecule has 6 nitrogen and oxygen atoms in total. The molecular weight excluding hydrogens is 366 g/mol. The third-order valence-corrected chi connectivity index (χ3v) is 4.24. The first kappa shape index (κ1) is 20.6. The van der Waals surface area contributed by atoms with E-state index in [9.17, 15) is 9.59 Å². The fourth-order valence-electron chi connectivity index (χ4n) is 2.44. The summed E-state index contributed by atoms with van der Waals surface area (Å²) in [4.78, 5) is 25.4. The lowest BCUT2D eigenvalue weighted by molar-refractivity contribution is -0.128. The molecule has 2 rings (SSSR count). The van der Waals surface area contributed by atoms with Crippen LogP contribution in [0.5, 0.6) is 5.75 Å². The van der Waals surface area contributed by atoms with E-state index in [0.717, 1.165) is 11.3 Å². The number of carbonyl (C=O) groups is 2. The molecule has 0 aliphatic rings. The van der Waals surface area contributed by atoms with Crippen LogP contribution < -0.4 is 15.4 Å². The van der Waals surface area contributed by atoms with E-state index < -0.39 is 0 Å². The second kappa shape index (κ2) is 9.83. The number of anilines is 2. The molecule has 0 bridgehead atoms. The molecule has 0 spiro atoms. The number of nitrogens with one attached hydrogen (secondary N) is 2. The highest BCUT2D eigenvalue weighted by Gasteiger charge is 2.07. The van der Waals surface area contributed by atoms with E-state index in [2.05, 4.69) is 10.6 Å². The van der Waals surface area contributed by atoms with Crippen LogP contribution in [0.15, 0.2) is 42.5 Å². The zero-order chi connectivity index (χ0) is 19.8. The van der Waals surface area contributed by atoms with Crippen LogP contribution in [-0.4, -0.2) is 44.5 Å². The number of methoxy groups -OCH3 is 1. The van der Waals surface area contributed by atoms with E-state index in [1.54, 1.807) is 37.2 Å². The number of ether oxygens (including phenoxy) is 1. The monoisotopic (exact) mass is 389 g/mol. The van der Waals surface area contributed by atoms with Crippen molar-refractivity contribution in [2.45, 2.75) is 12.8 Å². The summed E-state index contributed by atoms with van der Waals surface area (Å²) in [5.74, 6) is 0.452. The fourth-order valence-corrected chi connectivity index (χ4v) is 2.70. The van der Waals surface area contributed by atoms with Crippen LogP contribution in [0, 0.1) is 0 Å². The number of amides is 2. The molecule has 2 N–H and O–H groups in total. The summed E-state index contributed by atoms with van der Waals surface area (Å²) in [6.07, 6.45) is 1.11. The van der Waals surface area contributed by atoms with Crippen molar-refractivity contribution in [2.24, 2.45) is 0 Å². The molecule has 27 heavy (non-hydrogen) atoms. The van der Waals surface area contributed by atoms with Gasteiger partial charge in [0.25, 0.3) is 0 Å². The summed E-state index contributed by atoms with van der Waals surface area (Å²) in [6, 6.07) is 12.8. The van der Waals surface area contributed by atoms with Gasteiger partial charge >= 0.3 is 0 Å². The highest BCUT2D eigenvalue weighted by atomic mass is 35.5. The van der Waals surface area contributed by atoms with Gasteiger partial charge in [0.2, 0.25) is 11.8 Å². The average molecular weight is 390 g/mol. The lowest BCUT2D eigenvalue weighted by Gasteiger charge is -2.11. The molecule has 7 heteroatoms. The van der Waals surface area contributed by atoms with Crippen molar-refractivity contribution in [1.29, 1.82) is 0 Å². The lowest BCUT2D eigenvalue weighted by atomic mass is 10.1. The second-order valence-corrected chi connectivity index (χ2v) is 6.65. The summed E-state index contributed by atoms with van der Waals surface area (Å²) < 4.78 is 5.09. The first-order chi connectivity index (χ1) is 12.9. The number of hydrogen-bond donors (Lipinski definition) is 2. The molecule has 0 aliphatic carbocycles. The highest BCUT2D eigenvalue weighted by molar-refractivity contribution is 6.32. The predicted molar refractivity (Wildman–Crippen MR) is 109 cm³/mol. The van der Waals surface area contributed by atoms with Gasteiger partial charge in [0.05, 0.1) is 18.7 Å². The minimum absolute atomic E-state index is 0.0888. The fraction of sp³-hybridized carbons (Fsp3) is 0.300. The molecule has 144 valence electrons. The molecule has 0 atom stereocenters. The van der Waals surface area contributed by atoms with Gasteiger partial charge in [-0.3, -0.25) is 9.59 Å². The molecule has 0 aromatic heterocycles. The summed E-state index contributed by atoms with van der Waals surface area (Å²) in [6.45, 7) is 0.115. The molecule has 2 aromatic carbocycles. The van der Waals surface area contributed by atoms with E-state index in [1.165, 1.54) is 7.11 Å². The summed E-state index contributed by atoms with van der Waals surface area (Å²) in [5, 5.41) is 6.30. The Kier molecular flexibility index (Phi) is 7.49. The van der Waals surface area contributed by atoms with Crippen LogP contribution in [0.3, 0.4) is 0 Å². The standard InChI is InChI=1S/C20H24ClN3O3/c1-24(2)20(26)10-7-14-5-4-6-15(11-14)22-13-19(25)23-16-8-9-18(27-3)17(21)12-16/h4-6,8-9,11-12,22H,7,10,13H2,1-3H3,(H,23,25). The predicted octanol–water partition coefficient (Wildman–Crippen LogP) is 3.42. The number of halogens is 1. The van der Waals surface area contributed by atoms with Crippen LogP contribution in [0.2, 0.25) is 5.02 Å². The van der Waals surface area contributed by atoms with Gasteiger partial charge in [0, 0.05) is 31.9 Å². The van der Waals surface area contributed by atoms with Crippen molar-refractivity contribution >= 4 is 34.8 Å². The molecular formula is C20H24ClN3O3. The maximum absolute atomic E-state index is 12.1. The van der Waals surface area contributed by atoms with Crippen molar-refractivity contribution in [2.75, 3.05) is 38.4 Å². The van der Waals surface area contributed by atoms with E-state index in [-0.39, 0.29) is 18.4 Å². The van der Waals surface area contributed by atoms with Crippen LogP contribution in [0.1, 0.15) is 12.0 Å². The van der Waals surface area contributed by atoms with E-state index >= 15 is 0 Å². The zero-order valence-electron chi connectivity index (χ0n) is 15.7. The maximum atomic E-state index is 12.1. The van der Waals surface area contributed by atoms with Crippen molar-refractivity contribution in [3.63, 3.8) is 0 Å². The van der Waals surface area contributed by atoms with Crippen LogP contribution in [0.4, 0.5) is 11.4 Å². The Morgan fingerprint density at radius 2 is 1.89 bits per heavy atom. The quantitative estimate of drug-likeness (QED) is 0.725. The molecule has 0 saturated carbocycles. The lowest BCUT2D eigenvalue weighted by Crippen LogP contribution is -2.22. The minimum atomic E-state index is -0.190. The molecule has 0 fully saturated rings. The molecule has 0 aliphatic heterocycles. The van der Waals surface area contributed by atoms with Gasteiger partial charge in [0.15, 0.2) is 0 Å². The smallest absolute Gasteiger partial charge is 0.243 e. The van der Waals surface area contributed by atoms with Gasteiger partial charge in [-0.2, -0.15) is 0 Å². The third kappa shape index (κ3) is 6.49. The van der Waals surface area contributed by atoms with Crippen molar-refractivity contribution < 1.29 is 14.3 Å². The van der Waals surface area contributed by atoms with Crippen molar-refractivity contribution in [3.05, 3.63) is 53.1 Å². The number of carbonyl (C=O) groups excluding carboxylic acids is 2. The van der Waals surface area contributed by atoms with Gasteiger partial charge < -0.3 is 20.3 Å². The second-order valence-electron chi connectivity index (χ2n) is 6.24. The Morgan fingerprint density at radius 1 is 1.11 bits per heavy atom. The highest BCUT2D eigenvalue weighted by Crippen LogP contribution is 2.27. The Balaban J connectivity index is 1.87. The van der Waals surface area contributed by atoms with Crippen molar-refractivity contribution in [3.8, 4) is 5.75 Å². The number of benzene rings is 2. The van der Waals surface area contributed by atoms with Crippen LogP contribution >= 0.6 is 11.6 Å². The van der Waals surface area contributed by atoms with Gasteiger partial charge in [-0.15, -0.1) is 0 Å². The summed E-state index contributed by atoms with van der Waals surface area (Å²) in [5.41, 5.74) is 2.47. The molecule has 0 unspecified atom stereocenters. The van der Waals surface area contributed by atoms with Gasteiger partial charge in [-0.05, 0) is 42.3 Å². The average Bonchev–Trinajstić information content (AvgIpc) is 2.65. The van der Waals surface area contributed by atoms with Gasteiger partial charge in [0.1, 0.15) is 5.75 Å². The first-order valence-corrected chi connectivity index (χ1v) is 8.93. The Hall–Kier alpha value is -2.73. The number of aryl methyl sites for hydroxylation is 1. The molecule has 0 radical (unpaired) electrons. The Bertz CT molecular complexity index is 809. The van der Waals surface area contributed by atoms with E-state index in [4.69, 9.17) is 16.3 Å². The van der Waals surface area contributed by atoms with Gasteiger partial charge in [-0.1, -0.05) is 23.7 Å². The summed E-state index contributed by atoms with van der Waals surface area (Å²) >= 11 is 6.06.